The van der Waals surface area contributed by atoms with E-state index in [-0.39, 0.29) is 11.3 Å². The second kappa shape index (κ2) is 6.45. The monoisotopic (exact) mass is 298 g/mol. The first-order valence-corrected chi connectivity index (χ1v) is 6.99. The van der Waals surface area contributed by atoms with Crippen LogP contribution in [0.15, 0.2) is 23.0 Å². The lowest BCUT2D eigenvalue weighted by atomic mass is 10.1. The number of ether oxygens (including phenoxy) is 1. The van der Waals surface area contributed by atoms with Crippen LogP contribution in [0.3, 0.4) is 0 Å². The largest absolute Gasteiger partial charge is 0.444 e. The summed E-state index contributed by atoms with van der Waals surface area (Å²) < 4.78 is 18.1. The fraction of sp³-hybridized carbons (Fsp3) is 0.562. The fourth-order valence-electron chi connectivity index (χ4n) is 2.45. The molecule has 0 aromatic carbocycles. The summed E-state index contributed by atoms with van der Waals surface area (Å²) in [5, 5.41) is -0.797. The number of hydrogen-bond acceptors (Lipinski definition) is 2. The highest BCUT2D eigenvalue weighted by Crippen LogP contribution is 2.60. The third kappa shape index (κ3) is 3.64. The van der Waals surface area contributed by atoms with Gasteiger partial charge in [0.25, 0.3) is 0 Å². The molecule has 0 N–H and O–H groups in total. The predicted octanol–water partition coefficient (Wildman–Crippen LogP) is 4.21. The number of hydrogen-bond donors (Lipinski definition) is 0. The van der Waals surface area contributed by atoms with Gasteiger partial charge < -0.3 is 4.74 Å². The van der Waals surface area contributed by atoms with E-state index in [1.807, 2.05) is 33.8 Å². The van der Waals surface area contributed by atoms with Gasteiger partial charge in [-0.25, -0.2) is 0 Å². The van der Waals surface area contributed by atoms with Gasteiger partial charge in [0.15, 0.2) is 11.4 Å². The zero-order chi connectivity index (χ0) is 15.5. The molecule has 0 radical (unpaired) electrons. The van der Waals surface area contributed by atoms with Crippen molar-refractivity contribution in [3.05, 3.63) is 23.0 Å². The topological polar surface area (TPSA) is 26.3 Å². The van der Waals surface area contributed by atoms with Crippen molar-refractivity contribution in [2.75, 3.05) is 0 Å². The van der Waals surface area contributed by atoms with Crippen molar-refractivity contribution in [1.29, 1.82) is 0 Å². The summed E-state index contributed by atoms with van der Waals surface area (Å²) in [6.07, 6.45) is 8.73. The lowest BCUT2D eigenvalue weighted by Gasteiger charge is -2.13. The van der Waals surface area contributed by atoms with Gasteiger partial charge in [-0.3, -0.25) is 4.79 Å². The van der Waals surface area contributed by atoms with Gasteiger partial charge in [-0.15, -0.1) is 6.42 Å². The lowest BCUT2D eigenvalue weighted by molar-refractivity contribution is -0.147. The Balaban J connectivity index is 2.76. The summed E-state index contributed by atoms with van der Waals surface area (Å²) in [7, 11) is 0. The maximum Gasteiger partial charge on any atom is 0.311 e. The molecule has 4 heteroatoms. The van der Waals surface area contributed by atoms with Crippen LogP contribution < -0.4 is 0 Å². The van der Waals surface area contributed by atoms with E-state index in [1.54, 1.807) is 0 Å². The van der Waals surface area contributed by atoms with Crippen molar-refractivity contribution >= 4 is 17.6 Å². The second-order valence-corrected chi connectivity index (χ2v) is 5.98. The Kier molecular flexibility index (Phi) is 5.42. The summed E-state index contributed by atoms with van der Waals surface area (Å²) in [4.78, 5) is 12.2. The Hall–Kier alpha value is -1.27. The Labute approximate surface area is 125 Å². The number of esters is 1. The highest BCUT2D eigenvalue weighted by molar-refractivity contribution is 6.28. The number of rotatable bonds is 5. The molecule has 0 aromatic heterocycles. The van der Waals surface area contributed by atoms with Crippen LogP contribution in [0.1, 0.15) is 34.1 Å². The third-order valence-electron chi connectivity index (χ3n) is 3.80. The molecule has 2 nitrogen and oxygen atoms in total. The van der Waals surface area contributed by atoms with Crippen molar-refractivity contribution in [3.63, 3.8) is 0 Å². The van der Waals surface area contributed by atoms with Crippen LogP contribution in [0.25, 0.3) is 0 Å². The summed E-state index contributed by atoms with van der Waals surface area (Å²) >= 11 is 5.24. The highest BCUT2D eigenvalue weighted by Gasteiger charge is 2.62. The van der Waals surface area contributed by atoms with E-state index in [2.05, 4.69) is 5.92 Å². The quantitative estimate of drug-likeness (QED) is 0.432. The standard InChI is InChI=1S/C16H20ClFO2/c1-6-8-10(3)12(7-2)20-15(19)14-11(9-13(17)18)16(14,4)5/h2,8-9,11-12,14H,6H2,1,3-5H3/b10-8+,13-9-. The van der Waals surface area contributed by atoms with Gasteiger partial charge in [0.1, 0.15) is 0 Å². The Bertz CT molecular complexity index is 481. The third-order valence-corrected chi connectivity index (χ3v) is 3.92. The SMILES string of the molecule is C#CC(OC(=O)C1C(/C=C(\F)Cl)C1(C)C)/C(C)=C/CC. The van der Waals surface area contributed by atoms with Crippen LogP contribution in [0, 0.1) is 29.6 Å². The maximum absolute atomic E-state index is 12.8. The van der Waals surface area contributed by atoms with Gasteiger partial charge in [-0.1, -0.05) is 44.4 Å². The average molecular weight is 299 g/mol. The minimum atomic E-state index is -0.797. The van der Waals surface area contributed by atoms with Crippen LogP contribution in [-0.4, -0.2) is 12.1 Å². The maximum atomic E-state index is 12.8. The zero-order valence-corrected chi connectivity index (χ0v) is 13.0. The van der Waals surface area contributed by atoms with Crippen LogP contribution >= 0.6 is 11.6 Å². The van der Waals surface area contributed by atoms with Gasteiger partial charge >= 0.3 is 5.97 Å². The fourth-order valence-corrected chi connectivity index (χ4v) is 2.59. The molecule has 1 aliphatic carbocycles. The minimum absolute atomic E-state index is 0.249. The molecule has 0 aromatic rings. The molecular weight excluding hydrogens is 279 g/mol. The van der Waals surface area contributed by atoms with E-state index in [0.29, 0.717) is 0 Å². The molecular formula is C16H20ClFO2. The van der Waals surface area contributed by atoms with Gasteiger partial charge in [-0.05, 0) is 30.4 Å². The molecule has 0 saturated heterocycles. The molecule has 0 aliphatic heterocycles. The molecule has 110 valence electrons. The molecule has 20 heavy (non-hydrogen) atoms. The van der Waals surface area contributed by atoms with Crippen molar-refractivity contribution in [1.82, 2.24) is 0 Å². The van der Waals surface area contributed by atoms with Gasteiger partial charge in [0.05, 0.1) is 5.92 Å². The molecule has 0 spiro atoms. The molecule has 1 aliphatic rings. The Morgan fingerprint density at radius 2 is 2.20 bits per heavy atom. The summed E-state index contributed by atoms with van der Waals surface area (Å²) in [5.41, 5.74) is 0.475. The van der Waals surface area contributed by atoms with Crippen LogP contribution in [0.2, 0.25) is 0 Å². The average Bonchev–Trinajstić information content (AvgIpc) is 2.86. The highest BCUT2D eigenvalue weighted by atomic mass is 35.5. The van der Waals surface area contributed by atoms with Crippen molar-refractivity contribution in [3.8, 4) is 12.3 Å². The lowest BCUT2D eigenvalue weighted by Crippen LogP contribution is -2.20. The van der Waals surface area contributed by atoms with E-state index in [9.17, 15) is 9.18 Å². The molecule has 1 saturated carbocycles. The summed E-state index contributed by atoms with van der Waals surface area (Å²) in [6.45, 7) is 7.56. The molecule has 3 atom stereocenters. The first-order valence-electron chi connectivity index (χ1n) is 6.61. The number of terminal acetylenes is 1. The van der Waals surface area contributed by atoms with E-state index in [4.69, 9.17) is 22.8 Å². The van der Waals surface area contributed by atoms with Crippen molar-refractivity contribution in [2.45, 2.75) is 40.2 Å². The van der Waals surface area contributed by atoms with Crippen LogP contribution in [0.4, 0.5) is 4.39 Å². The van der Waals surface area contributed by atoms with Crippen molar-refractivity contribution in [2.24, 2.45) is 17.3 Å². The van der Waals surface area contributed by atoms with Gasteiger partial charge in [-0.2, -0.15) is 4.39 Å². The van der Waals surface area contributed by atoms with Crippen LogP contribution in [0.5, 0.6) is 0 Å². The molecule has 0 amide bonds. The number of carbonyl (C=O) groups is 1. The van der Waals surface area contributed by atoms with Gasteiger partial charge in [0, 0.05) is 5.92 Å². The summed E-state index contributed by atoms with van der Waals surface area (Å²) in [5.74, 6) is 1.40. The summed E-state index contributed by atoms with van der Waals surface area (Å²) in [6, 6.07) is 0. The number of halogens is 2. The van der Waals surface area contributed by atoms with Crippen LogP contribution in [-0.2, 0) is 9.53 Å². The normalized spacial score (nSPS) is 26.6. The smallest absolute Gasteiger partial charge is 0.311 e. The molecule has 1 rings (SSSR count). The van der Waals surface area contributed by atoms with E-state index in [0.717, 1.165) is 12.0 Å². The molecule has 3 unspecified atom stereocenters. The second-order valence-electron chi connectivity index (χ2n) is 5.62. The predicted molar refractivity (Wildman–Crippen MR) is 78.6 cm³/mol. The molecule has 0 bridgehead atoms. The number of carbonyl (C=O) groups excluding carboxylic acids is 1. The molecule has 0 heterocycles. The number of allylic oxidation sites excluding steroid dienone is 2. The van der Waals surface area contributed by atoms with Gasteiger partial charge in [0.2, 0.25) is 0 Å². The Morgan fingerprint density at radius 3 is 2.65 bits per heavy atom. The van der Waals surface area contributed by atoms with E-state index >= 15 is 0 Å². The Morgan fingerprint density at radius 1 is 1.60 bits per heavy atom. The first-order chi connectivity index (χ1) is 9.25. The molecule has 1 fully saturated rings. The van der Waals surface area contributed by atoms with Crippen molar-refractivity contribution < 1.29 is 13.9 Å². The zero-order valence-electron chi connectivity index (χ0n) is 12.2. The minimum Gasteiger partial charge on any atom is -0.444 e. The van der Waals surface area contributed by atoms with E-state index in [1.165, 1.54) is 6.08 Å². The first kappa shape index (κ1) is 16.8. The van der Waals surface area contributed by atoms with E-state index < -0.39 is 23.3 Å².